The summed E-state index contributed by atoms with van der Waals surface area (Å²) in [5.41, 5.74) is 7.19. The number of hydrogen-bond acceptors (Lipinski definition) is 8. The molecule has 7 rings (SSSR count). The number of phenolic OH excluding ortho intramolecular Hbond substituents is 1. The van der Waals surface area contributed by atoms with E-state index in [1.165, 1.54) is 11.1 Å². The van der Waals surface area contributed by atoms with Crippen molar-refractivity contribution in [2.24, 2.45) is 0 Å². The van der Waals surface area contributed by atoms with Crippen LogP contribution in [0.25, 0.3) is 11.1 Å². The number of amides is 4. The normalized spacial score (nSPS) is 18.2. The number of phenols is 1. The summed E-state index contributed by atoms with van der Waals surface area (Å²) in [5.74, 6) is -0.889. The molecule has 2 fully saturated rings. The SMILES string of the molecule is CCC(=C(c1ccc(O)cc1)c1ccc(OCCCCN2CCN(c3ccc4c(c3)C(=O)N(C3CCC(=O)NC3=O)C4=O)CC2)cc1)c1ccccc1. The quantitative estimate of drug-likeness (QED) is 0.102. The smallest absolute Gasteiger partial charge is 0.262 e. The van der Waals surface area contributed by atoms with Gasteiger partial charge in [-0.2, -0.15) is 0 Å². The van der Waals surface area contributed by atoms with Crippen LogP contribution in [-0.4, -0.2) is 83.9 Å². The van der Waals surface area contributed by atoms with Crippen LogP contribution in [0, 0.1) is 0 Å². The van der Waals surface area contributed by atoms with Crippen molar-refractivity contribution in [1.29, 1.82) is 0 Å². The maximum atomic E-state index is 13.3. The van der Waals surface area contributed by atoms with E-state index < -0.39 is 23.8 Å². The molecule has 53 heavy (non-hydrogen) atoms. The molecule has 0 radical (unpaired) electrons. The second kappa shape index (κ2) is 15.9. The van der Waals surface area contributed by atoms with Gasteiger partial charge in [0.25, 0.3) is 11.8 Å². The van der Waals surface area contributed by atoms with E-state index in [4.69, 9.17) is 4.74 Å². The Morgan fingerprint density at radius 2 is 1.45 bits per heavy atom. The zero-order valence-corrected chi connectivity index (χ0v) is 29.9. The molecule has 0 aromatic heterocycles. The van der Waals surface area contributed by atoms with Crippen LogP contribution in [0.4, 0.5) is 5.69 Å². The van der Waals surface area contributed by atoms with Gasteiger partial charge >= 0.3 is 0 Å². The van der Waals surface area contributed by atoms with Gasteiger partial charge in [0, 0.05) is 38.3 Å². The molecule has 2 N–H and O–H groups in total. The number of fused-ring (bicyclic) bond motifs is 1. The molecule has 10 nitrogen and oxygen atoms in total. The number of aromatic hydroxyl groups is 1. The van der Waals surface area contributed by atoms with Gasteiger partial charge in [-0.15, -0.1) is 0 Å². The van der Waals surface area contributed by atoms with Crippen molar-refractivity contribution >= 4 is 40.5 Å². The first-order valence-corrected chi connectivity index (χ1v) is 18.4. The van der Waals surface area contributed by atoms with Gasteiger partial charge in [0.05, 0.1) is 17.7 Å². The summed E-state index contributed by atoms with van der Waals surface area (Å²) in [7, 11) is 0. The Balaban J connectivity index is 0.889. The number of imide groups is 2. The van der Waals surface area contributed by atoms with Gasteiger partial charge in [0.2, 0.25) is 11.8 Å². The molecular formula is C43H44N4O6. The number of allylic oxidation sites excluding steroid dienone is 1. The van der Waals surface area contributed by atoms with Crippen LogP contribution >= 0.6 is 0 Å². The maximum Gasteiger partial charge on any atom is 0.262 e. The molecule has 4 aromatic rings. The minimum absolute atomic E-state index is 0.0957. The minimum Gasteiger partial charge on any atom is -0.508 e. The predicted octanol–water partition coefficient (Wildman–Crippen LogP) is 6.14. The standard InChI is InChI=1S/C43H44N4O6/c1-2-35(29-8-4-3-5-9-29)40(30-10-15-33(48)16-11-30)31-12-17-34(18-13-31)53-27-7-6-22-45-23-25-46(26-24-45)32-14-19-36-37(28-32)43(52)47(42(36)51)38-20-21-39(49)44-41(38)50/h3-5,8-19,28,38,48H,2,6-7,20-27H2,1H3,(H,44,49,50). The average Bonchev–Trinajstić information content (AvgIpc) is 3.43. The van der Waals surface area contributed by atoms with Crippen molar-refractivity contribution in [2.75, 3.05) is 44.2 Å². The third kappa shape index (κ3) is 7.73. The molecule has 4 aromatic carbocycles. The first-order valence-electron chi connectivity index (χ1n) is 18.4. The van der Waals surface area contributed by atoms with E-state index in [0.29, 0.717) is 17.7 Å². The zero-order valence-electron chi connectivity index (χ0n) is 29.9. The van der Waals surface area contributed by atoms with Crippen molar-refractivity contribution in [1.82, 2.24) is 15.1 Å². The largest absolute Gasteiger partial charge is 0.508 e. The molecule has 10 heteroatoms. The second-order valence-electron chi connectivity index (χ2n) is 13.7. The van der Waals surface area contributed by atoms with Crippen LogP contribution in [0.2, 0.25) is 0 Å². The maximum absolute atomic E-state index is 13.3. The zero-order chi connectivity index (χ0) is 36.9. The van der Waals surface area contributed by atoms with E-state index in [9.17, 15) is 24.3 Å². The van der Waals surface area contributed by atoms with E-state index in [2.05, 4.69) is 58.4 Å². The van der Waals surface area contributed by atoms with Gasteiger partial charge in [-0.1, -0.05) is 61.5 Å². The second-order valence-corrected chi connectivity index (χ2v) is 13.7. The lowest BCUT2D eigenvalue weighted by Crippen LogP contribution is -2.54. The highest BCUT2D eigenvalue weighted by Crippen LogP contribution is 2.36. The Morgan fingerprint density at radius 3 is 2.13 bits per heavy atom. The number of nitrogens with one attached hydrogen (secondary N) is 1. The van der Waals surface area contributed by atoms with E-state index in [-0.39, 0.29) is 24.5 Å². The highest BCUT2D eigenvalue weighted by molar-refractivity contribution is 6.23. The number of unbranched alkanes of at least 4 members (excludes halogenated alkanes) is 1. The van der Waals surface area contributed by atoms with Crippen molar-refractivity contribution < 1.29 is 29.0 Å². The molecule has 1 atom stereocenters. The molecule has 3 aliphatic heterocycles. The number of carbonyl (C=O) groups excluding carboxylic acids is 4. The Kier molecular flexibility index (Phi) is 10.7. The van der Waals surface area contributed by atoms with Crippen molar-refractivity contribution in [3.63, 3.8) is 0 Å². The Labute approximate surface area is 309 Å². The van der Waals surface area contributed by atoms with Crippen molar-refractivity contribution in [3.05, 3.63) is 125 Å². The summed E-state index contributed by atoms with van der Waals surface area (Å²) in [6.45, 7) is 7.12. The van der Waals surface area contributed by atoms with Gasteiger partial charge in [0.15, 0.2) is 0 Å². The third-order valence-electron chi connectivity index (χ3n) is 10.4. The fourth-order valence-corrected chi connectivity index (χ4v) is 7.54. The number of rotatable bonds is 12. The highest BCUT2D eigenvalue weighted by atomic mass is 16.5. The monoisotopic (exact) mass is 712 g/mol. The molecule has 1 unspecified atom stereocenters. The fraction of sp³-hybridized carbons (Fsp3) is 0.302. The van der Waals surface area contributed by atoms with Crippen LogP contribution in [-0.2, 0) is 9.59 Å². The third-order valence-corrected chi connectivity index (χ3v) is 10.4. The number of ether oxygens (including phenoxy) is 1. The van der Waals surface area contributed by atoms with Crippen LogP contribution in [0.15, 0.2) is 97.1 Å². The number of hydrogen-bond donors (Lipinski definition) is 2. The molecule has 4 amide bonds. The summed E-state index contributed by atoms with van der Waals surface area (Å²) in [5, 5.41) is 12.2. The van der Waals surface area contributed by atoms with Gasteiger partial charge < -0.3 is 14.7 Å². The van der Waals surface area contributed by atoms with Crippen molar-refractivity contribution in [3.8, 4) is 11.5 Å². The van der Waals surface area contributed by atoms with Crippen molar-refractivity contribution in [2.45, 2.75) is 45.1 Å². The Morgan fingerprint density at radius 1 is 0.774 bits per heavy atom. The number of benzene rings is 4. The lowest BCUT2D eigenvalue weighted by atomic mass is 9.88. The Bertz CT molecular complexity index is 2020. The summed E-state index contributed by atoms with van der Waals surface area (Å²) >= 11 is 0. The molecule has 3 aliphatic rings. The van der Waals surface area contributed by atoms with E-state index in [1.54, 1.807) is 24.3 Å². The number of piperidine rings is 1. The van der Waals surface area contributed by atoms with E-state index >= 15 is 0 Å². The van der Waals surface area contributed by atoms with Crippen LogP contribution < -0.4 is 15.0 Å². The fourth-order valence-electron chi connectivity index (χ4n) is 7.54. The number of anilines is 1. The van der Waals surface area contributed by atoms with Gasteiger partial charge in [-0.05, 0) is 103 Å². The molecule has 3 heterocycles. The lowest BCUT2D eigenvalue weighted by Gasteiger charge is -2.36. The van der Waals surface area contributed by atoms with Gasteiger partial charge in [-0.3, -0.25) is 34.3 Å². The summed E-state index contributed by atoms with van der Waals surface area (Å²) in [4.78, 5) is 56.0. The number of nitrogens with zero attached hydrogens (tertiary/aromatic N) is 3. The molecule has 0 aliphatic carbocycles. The summed E-state index contributed by atoms with van der Waals surface area (Å²) in [6, 6.07) is 30.4. The molecule has 0 spiro atoms. The molecular weight excluding hydrogens is 668 g/mol. The number of piperazine rings is 1. The van der Waals surface area contributed by atoms with E-state index in [0.717, 1.165) is 85.0 Å². The topological polar surface area (TPSA) is 119 Å². The van der Waals surface area contributed by atoms with Crippen LogP contribution in [0.1, 0.15) is 76.4 Å². The highest BCUT2D eigenvalue weighted by Gasteiger charge is 2.44. The van der Waals surface area contributed by atoms with Gasteiger partial charge in [0.1, 0.15) is 17.5 Å². The number of carbonyl (C=O) groups is 4. The minimum atomic E-state index is -0.967. The van der Waals surface area contributed by atoms with Crippen LogP contribution in [0.3, 0.4) is 0 Å². The Hall–Kier alpha value is -5.74. The summed E-state index contributed by atoms with van der Waals surface area (Å²) in [6.07, 6.45) is 3.03. The first-order chi connectivity index (χ1) is 25.8. The van der Waals surface area contributed by atoms with E-state index in [1.807, 2.05) is 36.4 Å². The molecule has 0 saturated carbocycles. The predicted molar refractivity (Wildman–Crippen MR) is 204 cm³/mol. The molecule has 272 valence electrons. The average molecular weight is 713 g/mol. The molecule has 2 saturated heterocycles. The molecule has 0 bridgehead atoms. The van der Waals surface area contributed by atoms with Crippen LogP contribution in [0.5, 0.6) is 11.5 Å². The lowest BCUT2D eigenvalue weighted by molar-refractivity contribution is -0.136. The summed E-state index contributed by atoms with van der Waals surface area (Å²) < 4.78 is 6.14. The van der Waals surface area contributed by atoms with Gasteiger partial charge in [-0.25, -0.2) is 0 Å². The first kappa shape index (κ1) is 35.7.